The quantitative estimate of drug-likeness (QED) is 0.639. The second kappa shape index (κ2) is 9.30. The Balaban J connectivity index is 2.14. The van der Waals surface area contributed by atoms with Crippen LogP contribution in [0.5, 0.6) is 17.8 Å². The molecule has 0 aliphatic heterocycles. The Labute approximate surface area is 150 Å². The predicted molar refractivity (Wildman–Crippen MR) is 92.6 cm³/mol. The van der Waals surface area contributed by atoms with Gasteiger partial charge >= 0.3 is 12.0 Å². The summed E-state index contributed by atoms with van der Waals surface area (Å²) < 4.78 is 15.6. The number of nitrogens with zero attached hydrogens (tertiary/aromatic N) is 6. The fraction of sp³-hybridized carbons (Fsp3) is 0.467. The third-order valence-electron chi connectivity index (χ3n) is 2.80. The number of hydrogen-bond donors (Lipinski definition) is 1. The highest BCUT2D eigenvalue weighted by Crippen LogP contribution is 2.19. The van der Waals surface area contributed by atoms with E-state index in [2.05, 4.69) is 30.5 Å². The van der Waals surface area contributed by atoms with Crippen molar-refractivity contribution in [3.63, 3.8) is 0 Å². The fourth-order valence-electron chi connectivity index (χ4n) is 1.71. The number of ether oxygens (including phenoxy) is 3. The summed E-state index contributed by atoms with van der Waals surface area (Å²) in [5.74, 6) is 0.687. The highest BCUT2D eigenvalue weighted by atomic mass is 16.5. The fourth-order valence-corrected chi connectivity index (χ4v) is 1.71. The Bertz CT molecular complexity index is 724. The van der Waals surface area contributed by atoms with E-state index in [4.69, 9.17) is 14.2 Å². The number of rotatable bonds is 9. The summed E-state index contributed by atoms with van der Waals surface area (Å²) in [5.41, 5.74) is 0. The Morgan fingerprint density at radius 1 is 1.08 bits per heavy atom. The molecule has 0 unspecified atom stereocenters. The van der Waals surface area contributed by atoms with Crippen molar-refractivity contribution in [2.75, 3.05) is 44.1 Å². The van der Waals surface area contributed by atoms with Crippen LogP contribution in [0.3, 0.4) is 0 Å². The lowest BCUT2D eigenvalue weighted by Gasteiger charge is -2.13. The number of anilines is 2. The van der Waals surface area contributed by atoms with Crippen molar-refractivity contribution in [1.29, 1.82) is 0 Å². The molecule has 11 heteroatoms. The number of carbonyl (C=O) groups excluding carboxylic acids is 1. The summed E-state index contributed by atoms with van der Waals surface area (Å²) in [4.78, 5) is 25.6. The van der Waals surface area contributed by atoms with Gasteiger partial charge in [0.1, 0.15) is 6.54 Å². The van der Waals surface area contributed by atoms with Gasteiger partial charge in [-0.3, -0.25) is 4.79 Å². The molecular formula is C15H21N7O4. The van der Waals surface area contributed by atoms with Crippen LogP contribution in [0, 0.1) is 0 Å². The van der Waals surface area contributed by atoms with Crippen molar-refractivity contribution in [2.45, 2.75) is 13.8 Å². The Morgan fingerprint density at radius 2 is 1.81 bits per heavy atom. The zero-order valence-corrected chi connectivity index (χ0v) is 15.1. The third-order valence-corrected chi connectivity index (χ3v) is 2.80. The molecule has 0 saturated heterocycles. The van der Waals surface area contributed by atoms with Crippen LogP contribution in [0.4, 0.5) is 11.9 Å². The molecule has 0 fully saturated rings. The number of nitrogens with one attached hydrogen (secondary N) is 1. The minimum Gasteiger partial charge on any atom is -0.477 e. The van der Waals surface area contributed by atoms with E-state index < -0.39 is 5.97 Å². The van der Waals surface area contributed by atoms with Crippen molar-refractivity contribution in [3.8, 4) is 17.8 Å². The molecule has 26 heavy (non-hydrogen) atoms. The van der Waals surface area contributed by atoms with Gasteiger partial charge in [-0.15, -0.1) is 10.2 Å². The molecule has 140 valence electrons. The van der Waals surface area contributed by atoms with Crippen LogP contribution >= 0.6 is 0 Å². The second-order valence-corrected chi connectivity index (χ2v) is 5.04. The first-order valence-electron chi connectivity index (χ1n) is 7.99. The van der Waals surface area contributed by atoms with E-state index in [1.807, 2.05) is 6.92 Å². The Kier molecular flexibility index (Phi) is 6.83. The van der Waals surface area contributed by atoms with Crippen molar-refractivity contribution in [2.24, 2.45) is 0 Å². The third kappa shape index (κ3) is 5.69. The van der Waals surface area contributed by atoms with Crippen molar-refractivity contribution >= 4 is 17.9 Å². The molecule has 0 aliphatic rings. The maximum atomic E-state index is 11.5. The first-order valence-corrected chi connectivity index (χ1v) is 7.99. The number of carbonyl (C=O) groups is 1. The summed E-state index contributed by atoms with van der Waals surface area (Å²) >= 11 is 0. The van der Waals surface area contributed by atoms with Crippen LogP contribution in [0.15, 0.2) is 12.1 Å². The molecule has 0 amide bonds. The molecule has 2 aromatic heterocycles. The first kappa shape index (κ1) is 19.1. The van der Waals surface area contributed by atoms with Crippen LogP contribution in [0.25, 0.3) is 0 Å². The molecule has 0 bridgehead atoms. The van der Waals surface area contributed by atoms with Gasteiger partial charge in [0.15, 0.2) is 0 Å². The highest BCUT2D eigenvalue weighted by Gasteiger charge is 2.12. The lowest BCUT2D eigenvalue weighted by molar-refractivity contribution is -0.140. The summed E-state index contributed by atoms with van der Waals surface area (Å²) in [7, 11) is 3.54. The van der Waals surface area contributed by atoms with E-state index in [0.29, 0.717) is 25.0 Å². The lowest BCUT2D eigenvalue weighted by Crippen LogP contribution is -2.20. The molecule has 0 radical (unpaired) electrons. The van der Waals surface area contributed by atoms with E-state index in [1.165, 1.54) is 0 Å². The molecule has 0 aromatic carbocycles. The number of hydrogen-bond acceptors (Lipinski definition) is 11. The van der Waals surface area contributed by atoms with Crippen LogP contribution < -0.4 is 19.7 Å². The molecule has 0 saturated carbocycles. The minimum atomic E-state index is -0.417. The van der Waals surface area contributed by atoms with Gasteiger partial charge in [-0.1, -0.05) is 0 Å². The van der Waals surface area contributed by atoms with Crippen molar-refractivity contribution < 1.29 is 19.0 Å². The smallest absolute Gasteiger partial charge is 0.330 e. The molecule has 0 spiro atoms. The minimum absolute atomic E-state index is 0.00789. The topological polar surface area (TPSA) is 124 Å². The van der Waals surface area contributed by atoms with E-state index in [9.17, 15) is 4.79 Å². The van der Waals surface area contributed by atoms with Gasteiger partial charge < -0.3 is 24.4 Å². The standard InChI is InChI=1S/C15H21N7O4/c1-5-24-10-7-8-11(21-20-10)26-15-18-13(16-9-12(23)25-6-2)17-14(19-15)22(3)4/h7-8H,5-6,9H2,1-4H3,(H,16,17,18,19). The molecule has 1 N–H and O–H groups in total. The van der Waals surface area contributed by atoms with E-state index in [0.717, 1.165) is 0 Å². The van der Waals surface area contributed by atoms with Gasteiger partial charge in [-0.2, -0.15) is 15.0 Å². The molecule has 2 aromatic rings. The molecule has 2 heterocycles. The lowest BCUT2D eigenvalue weighted by atomic mass is 10.5. The van der Waals surface area contributed by atoms with E-state index >= 15 is 0 Å². The van der Waals surface area contributed by atoms with Crippen LogP contribution in [0.2, 0.25) is 0 Å². The highest BCUT2D eigenvalue weighted by molar-refractivity contribution is 5.74. The average Bonchev–Trinajstić information content (AvgIpc) is 2.62. The number of esters is 1. The zero-order chi connectivity index (χ0) is 18.9. The zero-order valence-electron chi connectivity index (χ0n) is 15.1. The molecule has 11 nitrogen and oxygen atoms in total. The summed E-state index contributed by atoms with van der Waals surface area (Å²) in [6, 6.07) is 3.22. The maximum absolute atomic E-state index is 11.5. The maximum Gasteiger partial charge on any atom is 0.330 e. The molecule has 0 aliphatic carbocycles. The van der Waals surface area contributed by atoms with Crippen molar-refractivity contribution in [3.05, 3.63) is 12.1 Å². The summed E-state index contributed by atoms with van der Waals surface area (Å²) in [6.07, 6.45) is 0. The van der Waals surface area contributed by atoms with Gasteiger partial charge in [0.25, 0.3) is 0 Å². The van der Waals surface area contributed by atoms with Crippen LogP contribution in [-0.4, -0.2) is 65.0 Å². The van der Waals surface area contributed by atoms with E-state index in [1.54, 1.807) is 38.1 Å². The SMILES string of the molecule is CCOC(=O)CNc1nc(Oc2ccc(OCC)nn2)nc(N(C)C)n1. The van der Waals surface area contributed by atoms with Gasteiger partial charge in [-0.25, -0.2) is 0 Å². The molecular weight excluding hydrogens is 342 g/mol. The monoisotopic (exact) mass is 363 g/mol. The normalized spacial score (nSPS) is 10.2. The van der Waals surface area contributed by atoms with Gasteiger partial charge in [0.2, 0.25) is 23.7 Å². The number of aromatic nitrogens is 5. The van der Waals surface area contributed by atoms with Crippen LogP contribution in [-0.2, 0) is 9.53 Å². The van der Waals surface area contributed by atoms with Crippen molar-refractivity contribution in [1.82, 2.24) is 25.1 Å². The Morgan fingerprint density at radius 3 is 2.42 bits per heavy atom. The largest absolute Gasteiger partial charge is 0.477 e. The predicted octanol–water partition coefficient (Wildman–Crippen LogP) is 0.894. The summed E-state index contributed by atoms with van der Waals surface area (Å²) in [6.45, 7) is 4.29. The van der Waals surface area contributed by atoms with Crippen LogP contribution in [0.1, 0.15) is 13.8 Å². The van der Waals surface area contributed by atoms with Gasteiger partial charge in [0.05, 0.1) is 13.2 Å². The summed E-state index contributed by atoms with van der Waals surface area (Å²) in [5, 5.41) is 10.5. The molecule has 2 rings (SSSR count). The van der Waals surface area contributed by atoms with Gasteiger partial charge in [0, 0.05) is 26.2 Å². The Hall–Kier alpha value is -3.24. The molecule has 0 atom stereocenters. The first-order chi connectivity index (χ1) is 12.5. The average molecular weight is 363 g/mol. The van der Waals surface area contributed by atoms with E-state index in [-0.39, 0.29) is 24.4 Å². The van der Waals surface area contributed by atoms with Gasteiger partial charge in [-0.05, 0) is 13.8 Å². The second-order valence-electron chi connectivity index (χ2n) is 5.04.